The second kappa shape index (κ2) is 6.61. The standard InChI is InChI=1S/C15H20N2O7/c1-2-3-8-4-7-5-17(15(22)16-13(7)23-8)14-12(21)11(20)10(19)9(6-18)24-14/h4-5,9-12,14,18-21H,2-3,6H2,1H3/t9-,10-,11+,12-,14-/m1/s1. The molecule has 132 valence electrons. The lowest BCUT2D eigenvalue weighted by atomic mass is 9.98. The largest absolute Gasteiger partial charge is 0.443 e. The summed E-state index contributed by atoms with van der Waals surface area (Å²) in [6, 6.07) is 1.74. The minimum Gasteiger partial charge on any atom is -0.443 e. The third-order valence-corrected chi connectivity index (χ3v) is 4.13. The molecule has 1 aliphatic heterocycles. The van der Waals surface area contributed by atoms with Crippen LogP contribution in [-0.4, -0.2) is 61.0 Å². The third-order valence-electron chi connectivity index (χ3n) is 4.13. The maximum Gasteiger partial charge on any atom is 0.353 e. The van der Waals surface area contributed by atoms with Crippen molar-refractivity contribution in [1.82, 2.24) is 9.55 Å². The fourth-order valence-corrected chi connectivity index (χ4v) is 2.84. The fourth-order valence-electron chi connectivity index (χ4n) is 2.84. The Morgan fingerprint density at radius 3 is 2.67 bits per heavy atom. The van der Waals surface area contributed by atoms with Crippen LogP contribution in [0.2, 0.25) is 0 Å². The first-order valence-electron chi connectivity index (χ1n) is 7.78. The van der Waals surface area contributed by atoms with Crippen molar-refractivity contribution in [1.29, 1.82) is 0 Å². The van der Waals surface area contributed by atoms with Gasteiger partial charge in [0.25, 0.3) is 0 Å². The number of hydrogen-bond acceptors (Lipinski definition) is 8. The predicted molar refractivity (Wildman–Crippen MR) is 81.3 cm³/mol. The maximum atomic E-state index is 12.2. The van der Waals surface area contributed by atoms with Crippen molar-refractivity contribution in [3.8, 4) is 0 Å². The normalized spacial score (nSPS) is 30.8. The number of furan rings is 1. The molecule has 9 heteroatoms. The van der Waals surface area contributed by atoms with Gasteiger partial charge < -0.3 is 29.6 Å². The van der Waals surface area contributed by atoms with Crippen LogP contribution in [0.1, 0.15) is 25.3 Å². The number of aliphatic hydroxyl groups excluding tert-OH is 4. The van der Waals surface area contributed by atoms with E-state index in [4.69, 9.17) is 9.15 Å². The second-order valence-corrected chi connectivity index (χ2v) is 5.87. The van der Waals surface area contributed by atoms with E-state index >= 15 is 0 Å². The first-order chi connectivity index (χ1) is 11.5. The molecule has 2 aromatic heterocycles. The molecular weight excluding hydrogens is 320 g/mol. The van der Waals surface area contributed by atoms with Crippen molar-refractivity contribution in [3.63, 3.8) is 0 Å². The first kappa shape index (κ1) is 17.1. The molecule has 3 heterocycles. The topological polar surface area (TPSA) is 138 Å². The summed E-state index contributed by atoms with van der Waals surface area (Å²) >= 11 is 0. The number of aryl methyl sites for hydroxylation is 1. The summed E-state index contributed by atoms with van der Waals surface area (Å²) in [5.41, 5.74) is -0.548. The summed E-state index contributed by atoms with van der Waals surface area (Å²) in [5, 5.41) is 39.6. The number of aromatic nitrogens is 2. The summed E-state index contributed by atoms with van der Waals surface area (Å²) < 4.78 is 11.9. The molecule has 1 saturated heterocycles. The molecule has 0 amide bonds. The van der Waals surface area contributed by atoms with Gasteiger partial charge in [-0.2, -0.15) is 4.98 Å². The summed E-state index contributed by atoms with van der Waals surface area (Å²) in [4.78, 5) is 16.0. The molecule has 5 atom stereocenters. The molecule has 0 bridgehead atoms. The van der Waals surface area contributed by atoms with Crippen LogP contribution in [0.25, 0.3) is 11.1 Å². The van der Waals surface area contributed by atoms with Crippen molar-refractivity contribution in [2.75, 3.05) is 6.61 Å². The van der Waals surface area contributed by atoms with Gasteiger partial charge in [0, 0.05) is 12.6 Å². The van der Waals surface area contributed by atoms with Gasteiger partial charge in [-0.05, 0) is 12.5 Å². The van der Waals surface area contributed by atoms with E-state index in [1.807, 2.05) is 6.92 Å². The summed E-state index contributed by atoms with van der Waals surface area (Å²) in [5.74, 6) is 0.686. The third kappa shape index (κ3) is 2.85. The van der Waals surface area contributed by atoms with Gasteiger partial charge in [-0.25, -0.2) is 4.79 Å². The van der Waals surface area contributed by atoms with Gasteiger partial charge in [0.15, 0.2) is 6.23 Å². The Labute approximate surface area is 136 Å². The monoisotopic (exact) mass is 340 g/mol. The molecule has 1 fully saturated rings. The van der Waals surface area contributed by atoms with Gasteiger partial charge in [-0.15, -0.1) is 0 Å². The van der Waals surface area contributed by atoms with Crippen molar-refractivity contribution in [3.05, 3.63) is 28.5 Å². The molecule has 24 heavy (non-hydrogen) atoms. The highest BCUT2D eigenvalue weighted by Crippen LogP contribution is 2.28. The molecule has 2 aromatic rings. The highest BCUT2D eigenvalue weighted by Gasteiger charge is 2.44. The average molecular weight is 340 g/mol. The first-order valence-corrected chi connectivity index (χ1v) is 7.78. The summed E-state index contributed by atoms with van der Waals surface area (Å²) in [6.45, 7) is 1.42. The van der Waals surface area contributed by atoms with Crippen LogP contribution in [0.15, 0.2) is 21.5 Å². The molecule has 0 spiro atoms. The second-order valence-electron chi connectivity index (χ2n) is 5.87. The number of aliphatic hydroxyl groups is 4. The zero-order chi connectivity index (χ0) is 17.4. The van der Waals surface area contributed by atoms with Crippen LogP contribution >= 0.6 is 0 Å². The van der Waals surface area contributed by atoms with E-state index in [1.165, 1.54) is 6.20 Å². The molecule has 0 aliphatic carbocycles. The fraction of sp³-hybridized carbons (Fsp3) is 0.600. The minimum atomic E-state index is -1.57. The Balaban J connectivity index is 2.01. The van der Waals surface area contributed by atoms with Crippen molar-refractivity contribution < 1.29 is 29.6 Å². The number of ether oxygens (including phenoxy) is 1. The van der Waals surface area contributed by atoms with Crippen LogP contribution in [0, 0.1) is 0 Å². The Morgan fingerprint density at radius 2 is 2.00 bits per heavy atom. The van der Waals surface area contributed by atoms with Gasteiger partial charge in [0.05, 0.1) is 12.0 Å². The van der Waals surface area contributed by atoms with Crippen LogP contribution in [0.5, 0.6) is 0 Å². The van der Waals surface area contributed by atoms with Crippen LogP contribution in [0.4, 0.5) is 0 Å². The average Bonchev–Trinajstić information content (AvgIpc) is 2.94. The molecule has 0 radical (unpaired) electrons. The van der Waals surface area contributed by atoms with Gasteiger partial charge in [-0.3, -0.25) is 4.57 Å². The Kier molecular flexibility index (Phi) is 4.70. The molecule has 1 aliphatic rings. The molecule has 0 aromatic carbocycles. The quantitative estimate of drug-likeness (QED) is 0.551. The van der Waals surface area contributed by atoms with Gasteiger partial charge in [0.1, 0.15) is 30.2 Å². The van der Waals surface area contributed by atoms with E-state index in [2.05, 4.69) is 4.98 Å². The highest BCUT2D eigenvalue weighted by atomic mass is 16.6. The lowest BCUT2D eigenvalue weighted by molar-refractivity contribution is -0.252. The lowest BCUT2D eigenvalue weighted by Gasteiger charge is -2.40. The molecule has 3 rings (SSSR count). The van der Waals surface area contributed by atoms with E-state index in [9.17, 15) is 25.2 Å². The van der Waals surface area contributed by atoms with E-state index in [0.29, 0.717) is 17.6 Å². The molecule has 0 saturated carbocycles. The van der Waals surface area contributed by atoms with Crippen molar-refractivity contribution >= 4 is 11.1 Å². The van der Waals surface area contributed by atoms with E-state index in [1.54, 1.807) is 6.07 Å². The molecular formula is C15H20N2O7. The number of nitrogens with zero attached hydrogens (tertiary/aromatic N) is 2. The van der Waals surface area contributed by atoms with Crippen molar-refractivity contribution in [2.45, 2.75) is 50.4 Å². The van der Waals surface area contributed by atoms with Gasteiger partial charge in [0.2, 0.25) is 5.71 Å². The van der Waals surface area contributed by atoms with Crippen LogP contribution in [0.3, 0.4) is 0 Å². The SMILES string of the molecule is CCCc1cc2cn([C@@H]3O[C@H](CO)[C@@H](O)[C@H](O)[C@H]3O)c(=O)nc2o1. The van der Waals surface area contributed by atoms with Gasteiger partial charge >= 0.3 is 5.69 Å². The Bertz CT molecular complexity index is 769. The smallest absolute Gasteiger partial charge is 0.353 e. The number of hydrogen-bond donors (Lipinski definition) is 4. The number of rotatable bonds is 4. The molecule has 9 nitrogen and oxygen atoms in total. The van der Waals surface area contributed by atoms with E-state index in [-0.39, 0.29) is 5.71 Å². The molecule has 0 unspecified atom stereocenters. The summed E-state index contributed by atoms with van der Waals surface area (Å²) in [7, 11) is 0. The summed E-state index contributed by atoms with van der Waals surface area (Å²) in [6.07, 6.45) is -4.00. The van der Waals surface area contributed by atoms with E-state index in [0.717, 1.165) is 11.0 Å². The Morgan fingerprint density at radius 1 is 1.25 bits per heavy atom. The zero-order valence-corrected chi connectivity index (χ0v) is 13.1. The highest BCUT2D eigenvalue weighted by molar-refractivity contribution is 5.72. The van der Waals surface area contributed by atoms with Crippen LogP contribution < -0.4 is 5.69 Å². The van der Waals surface area contributed by atoms with Crippen LogP contribution in [-0.2, 0) is 11.2 Å². The van der Waals surface area contributed by atoms with E-state index < -0.39 is 42.9 Å². The zero-order valence-electron chi connectivity index (χ0n) is 13.1. The predicted octanol–water partition coefficient (Wildman–Crippen LogP) is -1.09. The lowest BCUT2D eigenvalue weighted by Crippen LogP contribution is -2.57. The van der Waals surface area contributed by atoms with Crippen molar-refractivity contribution in [2.24, 2.45) is 0 Å². The Hall–Kier alpha value is -1.78. The van der Waals surface area contributed by atoms with Gasteiger partial charge in [-0.1, -0.05) is 6.92 Å². The minimum absolute atomic E-state index is 0.185. The molecule has 4 N–H and O–H groups in total. The maximum absolute atomic E-state index is 12.2. The number of fused-ring (bicyclic) bond motifs is 1.